The van der Waals surface area contributed by atoms with Crippen LogP contribution in [0.25, 0.3) is 10.8 Å². The van der Waals surface area contributed by atoms with Gasteiger partial charge < -0.3 is 0 Å². The van der Waals surface area contributed by atoms with Crippen LogP contribution >= 0.6 is 15.9 Å². The highest BCUT2D eigenvalue weighted by Gasteiger charge is 2.06. The second-order valence-corrected chi connectivity index (χ2v) is 5.01. The van der Waals surface area contributed by atoms with Crippen molar-refractivity contribution < 1.29 is 0 Å². The molecular formula is C13H13Br. The molecule has 2 aromatic carbocycles. The Morgan fingerprint density at radius 1 is 1.00 bits per heavy atom. The monoisotopic (exact) mass is 248 g/mol. The summed E-state index contributed by atoms with van der Waals surface area (Å²) in [6.45, 7) is 4.32. The van der Waals surface area contributed by atoms with E-state index in [1.807, 2.05) is 0 Å². The Kier molecular flexibility index (Phi) is 2.60. The molecule has 0 aromatic heterocycles. The van der Waals surface area contributed by atoms with Crippen molar-refractivity contribution >= 4 is 26.7 Å². The number of rotatable bonds is 1. The first-order valence-electron chi connectivity index (χ1n) is 4.82. The fourth-order valence-corrected chi connectivity index (χ4v) is 2.22. The van der Waals surface area contributed by atoms with Crippen LogP contribution in [0.1, 0.15) is 22.9 Å². The molecule has 0 bridgehead atoms. The summed E-state index contributed by atoms with van der Waals surface area (Å²) >= 11 is 3.63. The fourth-order valence-electron chi connectivity index (χ4n) is 1.82. The van der Waals surface area contributed by atoms with Crippen LogP contribution in [0, 0.1) is 6.92 Å². The highest BCUT2D eigenvalue weighted by Crippen LogP contribution is 2.30. The number of hydrogen-bond donors (Lipinski definition) is 0. The summed E-state index contributed by atoms with van der Waals surface area (Å²) in [5, 5.41) is 2.72. The third kappa shape index (κ3) is 1.57. The minimum Gasteiger partial charge on any atom is -0.0842 e. The highest BCUT2D eigenvalue weighted by atomic mass is 79.9. The van der Waals surface area contributed by atoms with E-state index in [1.54, 1.807) is 0 Å². The predicted octanol–water partition coefficient (Wildman–Crippen LogP) is 4.60. The molecule has 14 heavy (non-hydrogen) atoms. The van der Waals surface area contributed by atoms with Crippen molar-refractivity contribution in [2.75, 3.05) is 0 Å². The van der Waals surface area contributed by atoms with Gasteiger partial charge in [0.2, 0.25) is 0 Å². The van der Waals surface area contributed by atoms with E-state index >= 15 is 0 Å². The summed E-state index contributed by atoms with van der Waals surface area (Å²) in [5.74, 6) is 0. The van der Waals surface area contributed by atoms with Gasteiger partial charge in [-0.05, 0) is 35.7 Å². The lowest BCUT2D eigenvalue weighted by atomic mass is 9.99. The zero-order valence-electron chi connectivity index (χ0n) is 8.42. The first-order chi connectivity index (χ1) is 6.70. The van der Waals surface area contributed by atoms with E-state index in [4.69, 9.17) is 0 Å². The molecule has 0 nitrogen and oxygen atoms in total. The lowest BCUT2D eigenvalue weighted by molar-refractivity contribution is 1.14. The van der Waals surface area contributed by atoms with E-state index in [0.717, 1.165) is 0 Å². The van der Waals surface area contributed by atoms with Crippen molar-refractivity contribution in [3.8, 4) is 0 Å². The van der Waals surface area contributed by atoms with E-state index in [-0.39, 0.29) is 0 Å². The van der Waals surface area contributed by atoms with E-state index in [0.29, 0.717) is 4.83 Å². The molecule has 0 heterocycles. The smallest absolute Gasteiger partial charge is 0.0373 e. The molecule has 2 rings (SSSR count). The van der Waals surface area contributed by atoms with Gasteiger partial charge >= 0.3 is 0 Å². The van der Waals surface area contributed by atoms with Crippen LogP contribution in [-0.4, -0.2) is 0 Å². The number of benzene rings is 2. The molecule has 0 aliphatic carbocycles. The van der Waals surface area contributed by atoms with Crippen molar-refractivity contribution in [1.29, 1.82) is 0 Å². The zero-order chi connectivity index (χ0) is 10.1. The maximum atomic E-state index is 3.63. The third-order valence-corrected chi connectivity index (χ3v) is 3.10. The molecule has 0 saturated carbocycles. The lowest BCUT2D eigenvalue weighted by Crippen LogP contribution is -1.88. The van der Waals surface area contributed by atoms with Crippen LogP contribution in [-0.2, 0) is 0 Å². The number of halogens is 1. The number of fused-ring (bicyclic) bond motifs is 1. The SMILES string of the molecule is Cc1ccc(C(C)Br)c2ccccc12. The van der Waals surface area contributed by atoms with E-state index < -0.39 is 0 Å². The van der Waals surface area contributed by atoms with Gasteiger partial charge in [0.05, 0.1) is 0 Å². The van der Waals surface area contributed by atoms with E-state index in [9.17, 15) is 0 Å². The number of hydrogen-bond acceptors (Lipinski definition) is 0. The molecule has 1 atom stereocenters. The summed E-state index contributed by atoms with van der Waals surface area (Å²) in [6.07, 6.45) is 0. The van der Waals surface area contributed by atoms with Gasteiger partial charge in [0.25, 0.3) is 0 Å². The van der Waals surface area contributed by atoms with E-state index in [2.05, 4.69) is 66.2 Å². The number of alkyl halides is 1. The van der Waals surface area contributed by atoms with Gasteiger partial charge in [0.1, 0.15) is 0 Å². The second-order valence-electron chi connectivity index (χ2n) is 3.63. The molecule has 0 amide bonds. The minimum absolute atomic E-state index is 0.410. The Morgan fingerprint density at radius 3 is 2.29 bits per heavy atom. The van der Waals surface area contributed by atoms with Crippen LogP contribution < -0.4 is 0 Å². The molecule has 0 N–H and O–H groups in total. The molecule has 0 spiro atoms. The van der Waals surface area contributed by atoms with Crippen molar-refractivity contribution in [3.63, 3.8) is 0 Å². The Morgan fingerprint density at radius 2 is 1.64 bits per heavy atom. The molecule has 0 radical (unpaired) electrons. The zero-order valence-corrected chi connectivity index (χ0v) is 10.0. The van der Waals surface area contributed by atoms with Crippen molar-refractivity contribution in [1.82, 2.24) is 0 Å². The van der Waals surface area contributed by atoms with Crippen LogP contribution in [0.5, 0.6) is 0 Å². The average molecular weight is 249 g/mol. The molecule has 0 aliphatic rings. The quantitative estimate of drug-likeness (QED) is 0.647. The third-order valence-electron chi connectivity index (χ3n) is 2.60. The highest BCUT2D eigenvalue weighted by molar-refractivity contribution is 9.09. The lowest BCUT2D eigenvalue weighted by Gasteiger charge is -2.10. The van der Waals surface area contributed by atoms with Gasteiger partial charge in [-0.2, -0.15) is 0 Å². The van der Waals surface area contributed by atoms with Gasteiger partial charge in [0.15, 0.2) is 0 Å². The molecular weight excluding hydrogens is 236 g/mol. The van der Waals surface area contributed by atoms with Crippen molar-refractivity contribution in [2.45, 2.75) is 18.7 Å². The normalized spacial score (nSPS) is 13.1. The Hall–Kier alpha value is -0.820. The number of aryl methyl sites for hydroxylation is 1. The molecule has 1 heteroatoms. The summed E-state index contributed by atoms with van der Waals surface area (Å²) in [5.41, 5.74) is 2.71. The van der Waals surface area contributed by atoms with Crippen LogP contribution in [0.4, 0.5) is 0 Å². The van der Waals surface area contributed by atoms with Gasteiger partial charge in [-0.15, -0.1) is 0 Å². The van der Waals surface area contributed by atoms with Gasteiger partial charge in [-0.25, -0.2) is 0 Å². The van der Waals surface area contributed by atoms with Crippen LogP contribution in [0.3, 0.4) is 0 Å². The minimum atomic E-state index is 0.410. The van der Waals surface area contributed by atoms with Gasteiger partial charge in [-0.1, -0.05) is 52.3 Å². The molecule has 72 valence electrons. The first-order valence-corrected chi connectivity index (χ1v) is 5.74. The topological polar surface area (TPSA) is 0 Å². The Bertz CT molecular complexity index is 458. The van der Waals surface area contributed by atoms with Crippen molar-refractivity contribution in [2.24, 2.45) is 0 Å². The summed E-state index contributed by atoms with van der Waals surface area (Å²) in [6, 6.07) is 13.0. The standard InChI is InChI=1S/C13H13Br/c1-9-7-8-12(10(2)14)13-6-4-3-5-11(9)13/h3-8,10H,1-2H3. The van der Waals surface area contributed by atoms with Crippen LogP contribution in [0.2, 0.25) is 0 Å². The summed E-state index contributed by atoms with van der Waals surface area (Å²) < 4.78 is 0. The van der Waals surface area contributed by atoms with Gasteiger partial charge in [-0.3, -0.25) is 0 Å². The Labute approximate surface area is 93.1 Å². The first kappa shape index (κ1) is 9.72. The molecule has 0 fully saturated rings. The second kappa shape index (κ2) is 3.74. The maximum Gasteiger partial charge on any atom is 0.0373 e. The largest absolute Gasteiger partial charge is 0.0842 e. The molecule has 1 unspecified atom stereocenters. The maximum absolute atomic E-state index is 3.63. The summed E-state index contributed by atoms with van der Waals surface area (Å²) in [4.78, 5) is 0.410. The average Bonchev–Trinajstić information content (AvgIpc) is 2.18. The Balaban J connectivity index is 2.82. The van der Waals surface area contributed by atoms with Crippen LogP contribution in [0.15, 0.2) is 36.4 Å². The molecule has 0 saturated heterocycles. The fraction of sp³-hybridized carbons (Fsp3) is 0.231. The van der Waals surface area contributed by atoms with E-state index in [1.165, 1.54) is 21.9 Å². The molecule has 0 aliphatic heterocycles. The molecule has 2 aromatic rings. The predicted molar refractivity (Wildman–Crippen MR) is 66.0 cm³/mol. The van der Waals surface area contributed by atoms with Gasteiger partial charge in [0, 0.05) is 4.83 Å². The van der Waals surface area contributed by atoms with Crippen molar-refractivity contribution in [3.05, 3.63) is 47.5 Å². The summed E-state index contributed by atoms with van der Waals surface area (Å²) in [7, 11) is 0.